The molecule has 2 aromatic heterocycles. The summed E-state index contributed by atoms with van der Waals surface area (Å²) in [6.45, 7) is 3.47. The van der Waals surface area contributed by atoms with Crippen molar-refractivity contribution in [3.8, 4) is 11.3 Å². The van der Waals surface area contributed by atoms with Crippen LogP contribution >= 0.6 is 0 Å². The molecule has 0 atom stereocenters. The molecule has 0 bridgehead atoms. The minimum absolute atomic E-state index is 0. The van der Waals surface area contributed by atoms with Gasteiger partial charge in [0.1, 0.15) is 0 Å². The molecule has 0 saturated heterocycles. The Bertz CT molecular complexity index is 551. The van der Waals surface area contributed by atoms with Gasteiger partial charge in [-0.05, 0) is 26.0 Å². The average Bonchev–Trinajstić information content (AvgIpc) is 2.64. The van der Waals surface area contributed by atoms with Gasteiger partial charge in [-0.15, -0.1) is 0 Å². The zero-order chi connectivity index (χ0) is 11.7. The van der Waals surface area contributed by atoms with E-state index in [4.69, 9.17) is 4.52 Å². The van der Waals surface area contributed by atoms with E-state index in [-0.39, 0.29) is 24.6 Å². The van der Waals surface area contributed by atoms with Crippen LogP contribution in [0.3, 0.4) is 0 Å². The van der Waals surface area contributed by atoms with E-state index in [9.17, 15) is 9.90 Å². The van der Waals surface area contributed by atoms with Crippen LogP contribution in [0.15, 0.2) is 22.7 Å². The number of aromatic nitrogens is 2. The van der Waals surface area contributed by atoms with E-state index in [1.54, 1.807) is 32.0 Å². The maximum Gasteiger partial charge on any atom is 1.00 e. The molecule has 0 unspecified atom stereocenters. The van der Waals surface area contributed by atoms with Gasteiger partial charge in [0.15, 0.2) is 5.76 Å². The Balaban J connectivity index is 0.00000144. The first-order valence-corrected chi connectivity index (χ1v) is 4.70. The number of rotatable bonds is 2. The largest absolute Gasteiger partial charge is 1.00 e. The van der Waals surface area contributed by atoms with Crippen molar-refractivity contribution in [3.05, 3.63) is 35.3 Å². The number of aryl methyl sites for hydroxylation is 2. The van der Waals surface area contributed by atoms with Crippen LogP contribution < -0.4 is 24.0 Å². The maximum atomic E-state index is 10.9. The van der Waals surface area contributed by atoms with Crippen LogP contribution in [0.2, 0.25) is 0 Å². The topological polar surface area (TPSA) is 79.0 Å². The third kappa shape index (κ3) is 2.76. The zero-order valence-corrected chi connectivity index (χ0v) is 9.85. The summed E-state index contributed by atoms with van der Waals surface area (Å²) in [5.74, 6) is -0.947. The second-order valence-corrected chi connectivity index (χ2v) is 3.47. The number of carbonyl (C=O) groups is 1. The zero-order valence-electron chi connectivity index (χ0n) is 9.85. The molecule has 0 spiro atoms. The molecule has 82 valence electrons. The van der Waals surface area contributed by atoms with Crippen molar-refractivity contribution in [2.45, 2.75) is 13.8 Å². The molecule has 17 heavy (non-hydrogen) atoms. The van der Waals surface area contributed by atoms with Crippen molar-refractivity contribution in [2.75, 3.05) is 0 Å². The second-order valence-electron chi connectivity index (χ2n) is 3.47. The first-order chi connectivity index (χ1) is 7.58. The van der Waals surface area contributed by atoms with E-state index < -0.39 is 5.97 Å². The van der Waals surface area contributed by atoms with E-state index in [0.717, 1.165) is 0 Å². The van der Waals surface area contributed by atoms with Gasteiger partial charge in [0.25, 0.3) is 0 Å². The molecule has 0 aliphatic rings. The summed E-state index contributed by atoms with van der Waals surface area (Å²) in [5, 5.41) is 14.6. The van der Waals surface area contributed by atoms with E-state index in [1.165, 1.54) is 0 Å². The third-order valence-electron chi connectivity index (χ3n) is 2.12. The van der Waals surface area contributed by atoms with Crippen LogP contribution in [-0.4, -0.2) is 16.1 Å². The minimum Gasteiger partial charge on any atom is -0.543 e. The average molecular weight is 224 g/mol. The van der Waals surface area contributed by atoms with Crippen LogP contribution in [0.5, 0.6) is 0 Å². The molecule has 2 rings (SSSR count). The molecule has 0 N–H and O–H groups in total. The fraction of sp³-hybridized carbons (Fsp3) is 0.182. The maximum absolute atomic E-state index is 10.9. The molecule has 0 aromatic carbocycles. The fourth-order valence-corrected chi connectivity index (χ4v) is 1.40. The minimum atomic E-state index is -1.33. The van der Waals surface area contributed by atoms with Gasteiger partial charge in [0.2, 0.25) is 0 Å². The van der Waals surface area contributed by atoms with Gasteiger partial charge >= 0.3 is 18.9 Å². The molecule has 5 nitrogen and oxygen atoms in total. The number of carboxylic acid groups (broad SMARTS) is 1. The number of pyridine rings is 1. The predicted molar refractivity (Wildman–Crippen MR) is 53.5 cm³/mol. The van der Waals surface area contributed by atoms with Gasteiger partial charge in [0, 0.05) is 17.3 Å². The summed E-state index contributed by atoms with van der Waals surface area (Å²) in [5.41, 5.74) is 1.54. The van der Waals surface area contributed by atoms with E-state index in [0.29, 0.717) is 22.7 Å². The molecule has 6 heteroatoms. The van der Waals surface area contributed by atoms with Crippen LogP contribution in [0.4, 0.5) is 0 Å². The number of nitrogens with zero attached hydrogens (tertiary/aromatic N) is 2. The van der Waals surface area contributed by atoms with Crippen molar-refractivity contribution in [2.24, 2.45) is 0 Å². The van der Waals surface area contributed by atoms with Gasteiger partial charge in [-0.3, -0.25) is 4.98 Å². The second kappa shape index (κ2) is 5.17. The van der Waals surface area contributed by atoms with Gasteiger partial charge < -0.3 is 14.4 Å². The Hall–Kier alpha value is -1.57. The van der Waals surface area contributed by atoms with Crippen LogP contribution in [0.25, 0.3) is 11.3 Å². The third-order valence-corrected chi connectivity index (χ3v) is 2.12. The summed E-state index contributed by atoms with van der Waals surface area (Å²) in [7, 11) is 0. The molecular weight excluding hydrogens is 215 g/mol. The molecule has 2 heterocycles. The fourth-order valence-electron chi connectivity index (χ4n) is 1.40. The van der Waals surface area contributed by atoms with Crippen molar-refractivity contribution in [1.82, 2.24) is 10.1 Å². The monoisotopic (exact) mass is 224 g/mol. The van der Waals surface area contributed by atoms with E-state index in [1.807, 2.05) is 0 Å². The normalized spacial score (nSPS) is 9.76. The Morgan fingerprint density at radius 2 is 2.00 bits per heavy atom. The van der Waals surface area contributed by atoms with Crippen molar-refractivity contribution in [1.29, 1.82) is 0 Å². The Morgan fingerprint density at radius 3 is 2.53 bits per heavy atom. The van der Waals surface area contributed by atoms with Crippen LogP contribution in [0, 0.1) is 13.8 Å². The number of aromatic carboxylic acids is 1. The summed E-state index contributed by atoms with van der Waals surface area (Å²) in [4.78, 5) is 14.8. The molecule has 0 saturated carbocycles. The van der Waals surface area contributed by atoms with Gasteiger partial charge in [0.05, 0.1) is 17.4 Å². The number of carboxylic acids is 1. The van der Waals surface area contributed by atoms with Crippen LogP contribution in [0.1, 0.15) is 21.9 Å². The van der Waals surface area contributed by atoms with Crippen molar-refractivity contribution < 1.29 is 33.3 Å². The van der Waals surface area contributed by atoms with Crippen molar-refractivity contribution in [3.63, 3.8) is 0 Å². The number of carbonyl (C=O) groups excluding carboxylic acids is 1. The summed E-state index contributed by atoms with van der Waals surface area (Å²) in [6.07, 6.45) is 0. The van der Waals surface area contributed by atoms with E-state index >= 15 is 0 Å². The standard InChI is InChI=1S/C11H10N2O3.Li/c1-6-3-4-8(10(12-6)11(14)15)9-5-7(2)13-16-9;/h3-5H,1-2H3,(H,14,15);/q;+1/p-1. The molecule has 0 amide bonds. The Morgan fingerprint density at radius 1 is 1.29 bits per heavy atom. The van der Waals surface area contributed by atoms with Crippen LogP contribution in [-0.2, 0) is 0 Å². The Labute approximate surface area is 110 Å². The molecular formula is C11H9LiN2O3. The predicted octanol–water partition coefficient (Wildman–Crippen LogP) is -2.28. The number of hydrogen-bond acceptors (Lipinski definition) is 5. The Kier molecular flexibility index (Phi) is 4.10. The van der Waals surface area contributed by atoms with Gasteiger partial charge in [-0.1, -0.05) is 5.16 Å². The summed E-state index contributed by atoms with van der Waals surface area (Å²) < 4.78 is 5.00. The molecule has 0 aliphatic carbocycles. The number of hydrogen-bond donors (Lipinski definition) is 0. The molecule has 0 aliphatic heterocycles. The summed E-state index contributed by atoms with van der Waals surface area (Å²) in [6, 6.07) is 4.99. The molecule has 0 radical (unpaired) electrons. The first kappa shape index (κ1) is 13.5. The van der Waals surface area contributed by atoms with Gasteiger partial charge in [-0.25, -0.2) is 0 Å². The molecule has 0 fully saturated rings. The SMILES string of the molecule is Cc1cc(-c2ccc(C)nc2C(=O)[O-])on1.[Li+]. The first-order valence-electron chi connectivity index (χ1n) is 4.70. The summed E-state index contributed by atoms with van der Waals surface area (Å²) >= 11 is 0. The smallest absolute Gasteiger partial charge is 0.543 e. The molecule has 2 aromatic rings. The quantitative estimate of drug-likeness (QED) is 0.537. The van der Waals surface area contributed by atoms with E-state index in [2.05, 4.69) is 10.1 Å². The van der Waals surface area contributed by atoms with Gasteiger partial charge in [-0.2, -0.15) is 0 Å². The van der Waals surface area contributed by atoms with Crippen molar-refractivity contribution >= 4 is 5.97 Å².